The van der Waals surface area contributed by atoms with E-state index in [1.54, 1.807) is 49.7 Å². The first-order chi connectivity index (χ1) is 11.7. The van der Waals surface area contributed by atoms with Crippen LogP contribution in [0.1, 0.15) is 23.2 Å². The number of carbonyl (C=O) groups is 2. The second-order valence-electron chi connectivity index (χ2n) is 5.04. The van der Waals surface area contributed by atoms with Crippen molar-refractivity contribution in [3.05, 3.63) is 54.4 Å². The van der Waals surface area contributed by atoms with Crippen molar-refractivity contribution in [3.63, 3.8) is 0 Å². The molecular formula is C18H20N2O4. The first kappa shape index (κ1) is 17.5. The Balaban J connectivity index is 1.62. The van der Waals surface area contributed by atoms with Gasteiger partial charge in [0.25, 0.3) is 0 Å². The molecule has 24 heavy (non-hydrogen) atoms. The highest BCUT2D eigenvalue weighted by molar-refractivity contribution is 5.97. The molecular weight excluding hydrogens is 308 g/mol. The third-order valence-electron chi connectivity index (χ3n) is 3.32. The van der Waals surface area contributed by atoms with Crippen LogP contribution in [0.4, 0.5) is 0 Å². The lowest BCUT2D eigenvalue weighted by Crippen LogP contribution is -2.28. The molecule has 1 aromatic carbocycles. The minimum atomic E-state index is -0.175. The minimum absolute atomic E-state index is 0.0901. The zero-order valence-corrected chi connectivity index (χ0v) is 13.5. The summed E-state index contributed by atoms with van der Waals surface area (Å²) in [7, 11) is 1.60. The Kier molecular flexibility index (Phi) is 6.76. The fourth-order valence-electron chi connectivity index (χ4n) is 2.02. The maximum Gasteiger partial charge on any atom is 0.220 e. The summed E-state index contributed by atoms with van der Waals surface area (Å²) in [5.41, 5.74) is 0.521. The van der Waals surface area contributed by atoms with Crippen LogP contribution >= 0.6 is 0 Å². The van der Waals surface area contributed by atoms with Gasteiger partial charge in [-0.1, -0.05) is 0 Å². The smallest absolute Gasteiger partial charge is 0.220 e. The Hall–Kier alpha value is -2.89. The van der Waals surface area contributed by atoms with Crippen molar-refractivity contribution in [1.82, 2.24) is 10.3 Å². The van der Waals surface area contributed by atoms with Crippen molar-refractivity contribution in [2.75, 3.05) is 20.3 Å². The molecule has 0 saturated carbocycles. The highest BCUT2D eigenvalue weighted by Crippen LogP contribution is 2.16. The van der Waals surface area contributed by atoms with E-state index in [2.05, 4.69) is 10.3 Å². The van der Waals surface area contributed by atoms with Crippen molar-refractivity contribution < 1.29 is 19.1 Å². The van der Waals surface area contributed by atoms with Gasteiger partial charge >= 0.3 is 0 Å². The van der Waals surface area contributed by atoms with Crippen molar-refractivity contribution in [2.45, 2.75) is 12.8 Å². The number of pyridine rings is 1. The number of nitrogens with zero attached hydrogens (tertiary/aromatic N) is 1. The monoisotopic (exact) mass is 328 g/mol. The molecule has 0 unspecified atom stereocenters. The average molecular weight is 328 g/mol. The molecule has 6 nitrogen and oxygen atoms in total. The summed E-state index contributed by atoms with van der Waals surface area (Å²) in [5.74, 6) is 1.20. The Labute approximate surface area is 140 Å². The predicted molar refractivity (Wildman–Crippen MR) is 89.3 cm³/mol. The number of methoxy groups -OCH3 is 1. The molecule has 126 valence electrons. The largest absolute Gasteiger partial charge is 0.497 e. The van der Waals surface area contributed by atoms with E-state index in [0.29, 0.717) is 24.5 Å². The van der Waals surface area contributed by atoms with E-state index in [1.165, 1.54) is 6.20 Å². The van der Waals surface area contributed by atoms with Crippen LogP contribution in [0.15, 0.2) is 48.8 Å². The third kappa shape index (κ3) is 5.72. The van der Waals surface area contributed by atoms with Crippen molar-refractivity contribution in [2.24, 2.45) is 0 Å². The quantitative estimate of drug-likeness (QED) is 0.564. The number of carbonyl (C=O) groups excluding carboxylic acids is 2. The van der Waals surface area contributed by atoms with Gasteiger partial charge in [-0.05, 0) is 36.4 Å². The number of amides is 1. The number of benzene rings is 1. The first-order valence-electron chi connectivity index (χ1n) is 7.66. The summed E-state index contributed by atoms with van der Waals surface area (Å²) in [4.78, 5) is 27.5. The number of hydrogen-bond donors (Lipinski definition) is 1. The lowest BCUT2D eigenvalue weighted by Gasteiger charge is -2.08. The van der Waals surface area contributed by atoms with Gasteiger partial charge in [0.15, 0.2) is 5.78 Å². The van der Waals surface area contributed by atoms with E-state index in [0.717, 1.165) is 5.75 Å². The number of aromatic nitrogens is 1. The number of nitrogens with one attached hydrogen (secondary N) is 1. The van der Waals surface area contributed by atoms with Crippen molar-refractivity contribution >= 4 is 11.7 Å². The number of ether oxygens (including phenoxy) is 2. The molecule has 0 aliphatic heterocycles. The minimum Gasteiger partial charge on any atom is -0.497 e. The number of Topliss-reactive ketones (excluding diaryl/α,β-unsaturated/α-hetero) is 1. The van der Waals surface area contributed by atoms with Crippen molar-refractivity contribution in [3.8, 4) is 11.5 Å². The zero-order chi connectivity index (χ0) is 17.2. The zero-order valence-electron chi connectivity index (χ0n) is 13.5. The number of rotatable bonds is 9. The van der Waals surface area contributed by atoms with Gasteiger partial charge in [-0.3, -0.25) is 14.6 Å². The fraction of sp³-hybridized carbons (Fsp3) is 0.278. The second kappa shape index (κ2) is 9.29. The summed E-state index contributed by atoms with van der Waals surface area (Å²) in [5, 5.41) is 2.73. The van der Waals surface area contributed by atoms with Crippen LogP contribution in [0.3, 0.4) is 0 Å². The van der Waals surface area contributed by atoms with Crippen LogP contribution in [-0.2, 0) is 4.79 Å². The van der Waals surface area contributed by atoms with Crippen LogP contribution in [0.2, 0.25) is 0 Å². The Morgan fingerprint density at radius 2 is 1.83 bits per heavy atom. The van der Waals surface area contributed by atoms with Crippen LogP contribution in [0.25, 0.3) is 0 Å². The third-order valence-corrected chi connectivity index (χ3v) is 3.32. The Morgan fingerprint density at radius 1 is 1.08 bits per heavy atom. The molecule has 0 aliphatic rings. The Bertz CT molecular complexity index is 656. The summed E-state index contributed by atoms with van der Waals surface area (Å²) >= 11 is 0. The van der Waals surface area contributed by atoms with E-state index in [1.807, 2.05) is 0 Å². The molecule has 0 fully saturated rings. The standard InChI is InChI=1S/C18H20N2O4/c1-23-15-4-6-16(7-5-15)24-12-11-20-18(22)9-8-17(21)14-3-2-10-19-13-14/h2-7,10,13H,8-9,11-12H2,1H3,(H,20,22). The van der Waals surface area contributed by atoms with Gasteiger partial charge in [-0.15, -0.1) is 0 Å². The predicted octanol–water partition coefficient (Wildman–Crippen LogP) is 2.25. The molecule has 0 aliphatic carbocycles. The van der Waals surface area contributed by atoms with Gasteiger partial charge in [0.05, 0.1) is 13.7 Å². The van der Waals surface area contributed by atoms with Gasteiger partial charge in [0, 0.05) is 30.8 Å². The molecule has 0 atom stereocenters. The van der Waals surface area contributed by atoms with Crippen LogP contribution in [0.5, 0.6) is 11.5 Å². The molecule has 1 amide bonds. The molecule has 1 aromatic heterocycles. The SMILES string of the molecule is COc1ccc(OCCNC(=O)CCC(=O)c2cccnc2)cc1. The van der Waals surface area contributed by atoms with Gasteiger partial charge in [-0.2, -0.15) is 0 Å². The maximum absolute atomic E-state index is 11.9. The maximum atomic E-state index is 11.9. The summed E-state index contributed by atoms with van der Waals surface area (Å²) in [6.07, 6.45) is 3.42. The van der Waals surface area contributed by atoms with E-state index < -0.39 is 0 Å². The van der Waals surface area contributed by atoms with Gasteiger partial charge in [0.1, 0.15) is 18.1 Å². The molecule has 1 N–H and O–H groups in total. The molecule has 6 heteroatoms. The van der Waals surface area contributed by atoms with E-state index in [9.17, 15) is 9.59 Å². The molecule has 0 radical (unpaired) electrons. The van der Waals surface area contributed by atoms with Crippen molar-refractivity contribution in [1.29, 1.82) is 0 Å². The Morgan fingerprint density at radius 3 is 2.50 bits per heavy atom. The van der Waals surface area contributed by atoms with E-state index >= 15 is 0 Å². The molecule has 0 spiro atoms. The van der Waals surface area contributed by atoms with Crippen LogP contribution < -0.4 is 14.8 Å². The topological polar surface area (TPSA) is 77.5 Å². The van der Waals surface area contributed by atoms with Crippen LogP contribution in [-0.4, -0.2) is 36.9 Å². The molecule has 2 rings (SSSR count). The average Bonchev–Trinajstić information content (AvgIpc) is 2.64. The van der Waals surface area contributed by atoms with Gasteiger partial charge in [0.2, 0.25) is 5.91 Å². The molecule has 1 heterocycles. The molecule has 2 aromatic rings. The fourth-order valence-corrected chi connectivity index (χ4v) is 2.02. The first-order valence-corrected chi connectivity index (χ1v) is 7.66. The van der Waals surface area contributed by atoms with E-state index in [-0.39, 0.29) is 24.5 Å². The number of hydrogen-bond acceptors (Lipinski definition) is 5. The lowest BCUT2D eigenvalue weighted by molar-refractivity contribution is -0.121. The summed E-state index contributed by atoms with van der Waals surface area (Å²) in [6.45, 7) is 0.737. The highest BCUT2D eigenvalue weighted by Gasteiger charge is 2.09. The number of ketones is 1. The highest BCUT2D eigenvalue weighted by atomic mass is 16.5. The summed E-state index contributed by atoms with van der Waals surface area (Å²) < 4.78 is 10.6. The summed E-state index contributed by atoms with van der Waals surface area (Å²) in [6, 6.07) is 10.6. The van der Waals surface area contributed by atoms with E-state index in [4.69, 9.17) is 9.47 Å². The van der Waals surface area contributed by atoms with Gasteiger partial charge < -0.3 is 14.8 Å². The second-order valence-corrected chi connectivity index (χ2v) is 5.04. The lowest BCUT2D eigenvalue weighted by atomic mass is 10.1. The molecule has 0 saturated heterocycles. The van der Waals surface area contributed by atoms with Crippen LogP contribution in [0, 0.1) is 0 Å². The van der Waals surface area contributed by atoms with Gasteiger partial charge in [-0.25, -0.2) is 0 Å². The molecule has 0 bridgehead atoms. The normalized spacial score (nSPS) is 10.0.